The molecule has 0 aromatic heterocycles. The second-order valence-electron chi connectivity index (χ2n) is 6.37. The molecule has 0 fully saturated rings. The van der Waals surface area contributed by atoms with Crippen molar-refractivity contribution in [1.82, 2.24) is 0 Å². The van der Waals surface area contributed by atoms with Crippen molar-refractivity contribution in [1.29, 1.82) is 0 Å². The monoisotopic (exact) mass is 421 g/mol. The molecule has 0 spiro atoms. The lowest BCUT2D eigenvalue weighted by Crippen LogP contribution is -2.19. The molecular weight excluding hydrogens is 398 g/mol. The van der Waals surface area contributed by atoms with Crippen LogP contribution >= 0.6 is 11.8 Å². The molecule has 7 nitrogen and oxygen atoms in total. The van der Waals surface area contributed by atoms with Crippen LogP contribution in [0.3, 0.4) is 0 Å². The number of hydrogen-bond acceptors (Lipinski definition) is 5. The molecule has 0 heterocycles. The molecule has 2 aromatic carbocycles. The van der Waals surface area contributed by atoms with Crippen LogP contribution in [0.4, 0.5) is 17.1 Å². The standard InChI is InChI=1S/C19H23N3O4S2/c1-12(2)19(24)21-17-11-16(9-10-18(17)27-4)28(25,26)22-15-7-5-14(6-8-15)20-13(3)23/h5-12,22H,1-4H3,(H,20,23)(H,21,24). The Labute approximate surface area is 169 Å². The Morgan fingerprint density at radius 1 is 0.964 bits per heavy atom. The van der Waals surface area contributed by atoms with E-state index < -0.39 is 10.0 Å². The first-order chi connectivity index (χ1) is 13.1. The van der Waals surface area contributed by atoms with Crippen molar-refractivity contribution in [3.8, 4) is 0 Å². The van der Waals surface area contributed by atoms with Crippen molar-refractivity contribution < 1.29 is 18.0 Å². The van der Waals surface area contributed by atoms with E-state index in [0.717, 1.165) is 4.90 Å². The van der Waals surface area contributed by atoms with Gasteiger partial charge in [0.1, 0.15) is 0 Å². The van der Waals surface area contributed by atoms with Gasteiger partial charge in [-0.1, -0.05) is 13.8 Å². The van der Waals surface area contributed by atoms with E-state index in [2.05, 4.69) is 15.4 Å². The minimum atomic E-state index is -3.85. The van der Waals surface area contributed by atoms with Crippen molar-refractivity contribution in [2.75, 3.05) is 21.6 Å². The van der Waals surface area contributed by atoms with Gasteiger partial charge in [-0.3, -0.25) is 14.3 Å². The molecule has 3 N–H and O–H groups in total. The zero-order valence-corrected chi connectivity index (χ0v) is 17.7. The summed E-state index contributed by atoms with van der Waals surface area (Å²) in [5.74, 6) is -0.625. The molecule has 0 saturated heterocycles. The second-order valence-corrected chi connectivity index (χ2v) is 8.90. The first kappa shape index (κ1) is 21.8. The average molecular weight is 422 g/mol. The summed E-state index contributed by atoms with van der Waals surface area (Å²) in [5, 5.41) is 5.39. The normalized spacial score (nSPS) is 11.2. The van der Waals surface area contributed by atoms with E-state index in [1.807, 2.05) is 6.26 Å². The van der Waals surface area contributed by atoms with Crippen molar-refractivity contribution in [3.63, 3.8) is 0 Å². The predicted octanol–water partition coefficient (Wildman–Crippen LogP) is 3.76. The third-order valence-corrected chi connectivity index (χ3v) is 5.90. The highest BCUT2D eigenvalue weighted by atomic mass is 32.2. The maximum absolute atomic E-state index is 12.7. The fourth-order valence-corrected chi connectivity index (χ4v) is 3.89. The molecule has 0 saturated carbocycles. The Morgan fingerprint density at radius 3 is 2.11 bits per heavy atom. The summed E-state index contributed by atoms with van der Waals surface area (Å²) < 4.78 is 28.0. The Hall–Kier alpha value is -2.52. The molecule has 2 amide bonds. The van der Waals surface area contributed by atoms with Gasteiger partial charge in [-0.25, -0.2) is 8.42 Å². The van der Waals surface area contributed by atoms with E-state index in [4.69, 9.17) is 0 Å². The van der Waals surface area contributed by atoms with Crippen LogP contribution < -0.4 is 15.4 Å². The largest absolute Gasteiger partial charge is 0.326 e. The molecule has 0 unspecified atom stereocenters. The topological polar surface area (TPSA) is 104 Å². The number of carbonyl (C=O) groups is 2. The van der Waals surface area contributed by atoms with Gasteiger partial charge in [0, 0.05) is 29.1 Å². The van der Waals surface area contributed by atoms with Crippen LogP contribution in [0.15, 0.2) is 52.3 Å². The quantitative estimate of drug-likeness (QED) is 0.591. The lowest BCUT2D eigenvalue weighted by molar-refractivity contribution is -0.119. The zero-order chi connectivity index (χ0) is 20.9. The second kappa shape index (κ2) is 9.11. The molecule has 150 valence electrons. The van der Waals surface area contributed by atoms with Gasteiger partial charge in [0.25, 0.3) is 10.0 Å². The Morgan fingerprint density at radius 2 is 1.57 bits per heavy atom. The van der Waals surface area contributed by atoms with Gasteiger partial charge in [0.15, 0.2) is 0 Å². The van der Waals surface area contributed by atoms with Gasteiger partial charge < -0.3 is 10.6 Å². The summed E-state index contributed by atoms with van der Waals surface area (Å²) in [6, 6.07) is 10.9. The molecule has 0 atom stereocenters. The highest BCUT2D eigenvalue weighted by molar-refractivity contribution is 7.98. The summed E-state index contributed by atoms with van der Waals surface area (Å²) in [5.41, 5.74) is 1.38. The molecule has 0 aliphatic heterocycles. The fraction of sp³-hybridized carbons (Fsp3) is 0.263. The summed E-state index contributed by atoms with van der Waals surface area (Å²) in [6.45, 7) is 4.92. The smallest absolute Gasteiger partial charge is 0.261 e. The number of hydrogen-bond donors (Lipinski definition) is 3. The van der Waals surface area contributed by atoms with Crippen LogP contribution in [-0.4, -0.2) is 26.5 Å². The number of benzene rings is 2. The van der Waals surface area contributed by atoms with Gasteiger partial charge in [-0.05, 0) is 48.7 Å². The van der Waals surface area contributed by atoms with Crippen LogP contribution in [0.1, 0.15) is 20.8 Å². The minimum Gasteiger partial charge on any atom is -0.326 e. The molecule has 9 heteroatoms. The van der Waals surface area contributed by atoms with E-state index in [0.29, 0.717) is 17.1 Å². The molecule has 2 rings (SSSR count). The number of nitrogens with one attached hydrogen (secondary N) is 3. The number of anilines is 3. The van der Waals surface area contributed by atoms with E-state index in [9.17, 15) is 18.0 Å². The first-order valence-electron chi connectivity index (χ1n) is 8.51. The predicted molar refractivity (Wildman–Crippen MR) is 113 cm³/mol. The van der Waals surface area contributed by atoms with Gasteiger partial charge in [-0.2, -0.15) is 0 Å². The minimum absolute atomic E-state index is 0.0373. The number of carbonyl (C=O) groups excluding carboxylic acids is 2. The fourth-order valence-electron chi connectivity index (χ4n) is 2.27. The summed E-state index contributed by atoms with van der Waals surface area (Å²) in [4.78, 5) is 23.9. The molecule has 2 aromatic rings. The Kier molecular flexibility index (Phi) is 7.09. The van der Waals surface area contributed by atoms with Gasteiger partial charge >= 0.3 is 0 Å². The number of thioether (sulfide) groups is 1. The Bertz CT molecular complexity index is 971. The first-order valence-corrected chi connectivity index (χ1v) is 11.2. The Balaban J connectivity index is 2.27. The van der Waals surface area contributed by atoms with Crippen molar-refractivity contribution in [2.24, 2.45) is 5.92 Å². The van der Waals surface area contributed by atoms with Crippen molar-refractivity contribution in [2.45, 2.75) is 30.6 Å². The van der Waals surface area contributed by atoms with Crippen molar-refractivity contribution in [3.05, 3.63) is 42.5 Å². The average Bonchev–Trinajstić information content (AvgIpc) is 2.62. The summed E-state index contributed by atoms with van der Waals surface area (Å²) in [6.07, 6.45) is 1.85. The number of sulfonamides is 1. The van der Waals surface area contributed by atoms with Gasteiger partial charge in [-0.15, -0.1) is 11.8 Å². The lowest BCUT2D eigenvalue weighted by Gasteiger charge is -2.14. The zero-order valence-electron chi connectivity index (χ0n) is 16.1. The number of rotatable bonds is 7. The van der Waals surface area contributed by atoms with Crippen LogP contribution in [0, 0.1) is 5.92 Å². The van der Waals surface area contributed by atoms with Crippen molar-refractivity contribution >= 4 is 50.7 Å². The van der Waals surface area contributed by atoms with E-state index >= 15 is 0 Å². The maximum Gasteiger partial charge on any atom is 0.261 e. The van der Waals surface area contributed by atoms with Crippen LogP contribution in [-0.2, 0) is 19.6 Å². The maximum atomic E-state index is 12.7. The van der Waals surface area contributed by atoms with Crippen LogP contribution in [0.5, 0.6) is 0 Å². The van der Waals surface area contributed by atoms with E-state index in [1.165, 1.54) is 30.8 Å². The molecule has 0 radical (unpaired) electrons. The molecular formula is C19H23N3O4S2. The highest BCUT2D eigenvalue weighted by Gasteiger charge is 2.18. The lowest BCUT2D eigenvalue weighted by atomic mass is 10.2. The molecule has 28 heavy (non-hydrogen) atoms. The third kappa shape index (κ3) is 5.74. The van der Waals surface area contributed by atoms with Gasteiger partial charge in [0.2, 0.25) is 11.8 Å². The molecule has 0 aliphatic rings. The van der Waals surface area contributed by atoms with E-state index in [1.54, 1.807) is 44.2 Å². The SMILES string of the molecule is CSc1ccc(S(=O)(=O)Nc2ccc(NC(C)=O)cc2)cc1NC(=O)C(C)C. The van der Waals surface area contributed by atoms with Gasteiger partial charge in [0.05, 0.1) is 10.6 Å². The highest BCUT2D eigenvalue weighted by Crippen LogP contribution is 2.29. The summed E-state index contributed by atoms with van der Waals surface area (Å²) in [7, 11) is -3.85. The van der Waals surface area contributed by atoms with E-state index in [-0.39, 0.29) is 22.6 Å². The van der Waals surface area contributed by atoms with Crippen LogP contribution in [0.2, 0.25) is 0 Å². The third-order valence-electron chi connectivity index (χ3n) is 3.72. The van der Waals surface area contributed by atoms with Crippen LogP contribution in [0.25, 0.3) is 0 Å². The number of amides is 2. The molecule has 0 bridgehead atoms. The summed E-state index contributed by atoms with van der Waals surface area (Å²) >= 11 is 1.41. The molecule has 0 aliphatic carbocycles.